The number of aryl methyl sites for hydroxylation is 1. The third-order valence-corrected chi connectivity index (χ3v) is 3.38. The molecule has 0 bridgehead atoms. The lowest BCUT2D eigenvalue weighted by atomic mass is 9.87. The molecule has 0 spiro atoms. The van der Waals surface area contributed by atoms with Crippen molar-refractivity contribution in [3.05, 3.63) is 59.7 Å². The van der Waals surface area contributed by atoms with E-state index >= 15 is 0 Å². The van der Waals surface area contributed by atoms with Gasteiger partial charge in [0.25, 0.3) is 0 Å². The highest BCUT2D eigenvalue weighted by atomic mass is 14.2. The van der Waals surface area contributed by atoms with Crippen LogP contribution in [0.5, 0.6) is 0 Å². The molecule has 0 amide bonds. The van der Waals surface area contributed by atoms with Crippen molar-refractivity contribution >= 4 is 0 Å². The summed E-state index contributed by atoms with van der Waals surface area (Å²) in [5.41, 5.74) is 5.78. The fourth-order valence-corrected chi connectivity index (χ4v) is 2.36. The molecule has 2 rings (SSSR count). The standard InChI is InChI=1S/C19H24/c1-5-15-6-10-17(11-7-15)18-12-8-16(9-13-18)14-19(2,3)4/h6-13H,5,14H2,1-4H3. The number of hydrogen-bond donors (Lipinski definition) is 0. The fourth-order valence-electron chi connectivity index (χ4n) is 2.36. The van der Waals surface area contributed by atoms with Crippen molar-refractivity contribution in [2.24, 2.45) is 5.41 Å². The predicted octanol–water partition coefficient (Wildman–Crippen LogP) is 5.50. The van der Waals surface area contributed by atoms with Gasteiger partial charge < -0.3 is 0 Å². The van der Waals surface area contributed by atoms with Gasteiger partial charge in [0.15, 0.2) is 0 Å². The molecule has 0 atom stereocenters. The Kier molecular flexibility index (Phi) is 4.09. The molecule has 0 nitrogen and oxygen atoms in total. The van der Waals surface area contributed by atoms with Gasteiger partial charge in [-0.25, -0.2) is 0 Å². The van der Waals surface area contributed by atoms with Gasteiger partial charge in [-0.05, 0) is 40.5 Å². The Bertz CT molecular complexity index is 509. The molecule has 0 aliphatic heterocycles. The van der Waals surface area contributed by atoms with Gasteiger partial charge in [0, 0.05) is 0 Å². The van der Waals surface area contributed by atoms with Crippen LogP contribution in [0.4, 0.5) is 0 Å². The summed E-state index contributed by atoms with van der Waals surface area (Å²) in [6, 6.07) is 17.9. The minimum absolute atomic E-state index is 0.351. The maximum Gasteiger partial charge on any atom is -0.0184 e. The third-order valence-electron chi connectivity index (χ3n) is 3.38. The topological polar surface area (TPSA) is 0 Å². The summed E-state index contributed by atoms with van der Waals surface area (Å²) >= 11 is 0. The summed E-state index contributed by atoms with van der Waals surface area (Å²) < 4.78 is 0. The van der Waals surface area contributed by atoms with E-state index in [0.717, 1.165) is 12.8 Å². The Morgan fingerprint density at radius 1 is 0.684 bits per heavy atom. The van der Waals surface area contributed by atoms with Gasteiger partial charge in [-0.2, -0.15) is 0 Å². The minimum atomic E-state index is 0.351. The Morgan fingerprint density at radius 2 is 1.11 bits per heavy atom. The van der Waals surface area contributed by atoms with Crippen LogP contribution in [0.1, 0.15) is 38.8 Å². The SMILES string of the molecule is CCc1ccc(-c2ccc(CC(C)(C)C)cc2)cc1. The van der Waals surface area contributed by atoms with Crippen molar-refractivity contribution < 1.29 is 0 Å². The van der Waals surface area contributed by atoms with E-state index in [0.29, 0.717) is 5.41 Å². The maximum atomic E-state index is 2.28. The van der Waals surface area contributed by atoms with Crippen LogP contribution in [0.15, 0.2) is 48.5 Å². The summed E-state index contributed by atoms with van der Waals surface area (Å²) in [4.78, 5) is 0. The molecular weight excluding hydrogens is 228 g/mol. The van der Waals surface area contributed by atoms with Crippen molar-refractivity contribution in [3.63, 3.8) is 0 Å². The molecule has 0 heteroatoms. The van der Waals surface area contributed by atoms with Crippen LogP contribution in [-0.4, -0.2) is 0 Å². The zero-order valence-corrected chi connectivity index (χ0v) is 12.5. The highest BCUT2D eigenvalue weighted by Crippen LogP contribution is 2.24. The van der Waals surface area contributed by atoms with Crippen LogP contribution in [0, 0.1) is 5.41 Å². The van der Waals surface area contributed by atoms with E-state index in [9.17, 15) is 0 Å². The second-order valence-electron chi connectivity index (χ2n) is 6.48. The zero-order valence-electron chi connectivity index (χ0n) is 12.5. The minimum Gasteiger partial charge on any atom is -0.0613 e. The van der Waals surface area contributed by atoms with Crippen molar-refractivity contribution in [2.75, 3.05) is 0 Å². The lowest BCUT2D eigenvalue weighted by Gasteiger charge is -2.18. The van der Waals surface area contributed by atoms with Crippen LogP contribution in [0.25, 0.3) is 11.1 Å². The lowest BCUT2D eigenvalue weighted by molar-refractivity contribution is 0.411. The summed E-state index contributed by atoms with van der Waals surface area (Å²) in [5.74, 6) is 0. The van der Waals surface area contributed by atoms with Gasteiger partial charge >= 0.3 is 0 Å². The molecule has 0 saturated carbocycles. The van der Waals surface area contributed by atoms with Gasteiger partial charge in [-0.15, -0.1) is 0 Å². The monoisotopic (exact) mass is 252 g/mol. The fraction of sp³-hybridized carbons (Fsp3) is 0.368. The molecule has 0 aliphatic rings. The molecule has 2 aromatic carbocycles. The summed E-state index contributed by atoms with van der Waals surface area (Å²) in [6.45, 7) is 9.04. The molecule has 0 heterocycles. The zero-order chi connectivity index (χ0) is 13.9. The van der Waals surface area contributed by atoms with E-state index in [-0.39, 0.29) is 0 Å². The van der Waals surface area contributed by atoms with E-state index in [2.05, 4.69) is 76.2 Å². The van der Waals surface area contributed by atoms with E-state index in [1.807, 2.05) is 0 Å². The molecule has 2 aromatic rings. The van der Waals surface area contributed by atoms with Crippen LogP contribution in [-0.2, 0) is 12.8 Å². The maximum absolute atomic E-state index is 2.28. The molecular formula is C19H24. The highest BCUT2D eigenvalue weighted by Gasteiger charge is 2.10. The molecule has 0 unspecified atom stereocenters. The normalized spacial score (nSPS) is 11.6. The van der Waals surface area contributed by atoms with E-state index in [1.54, 1.807) is 0 Å². The average Bonchev–Trinajstić information content (AvgIpc) is 2.38. The Hall–Kier alpha value is -1.56. The van der Waals surface area contributed by atoms with Crippen molar-refractivity contribution in [1.82, 2.24) is 0 Å². The van der Waals surface area contributed by atoms with Crippen LogP contribution < -0.4 is 0 Å². The quantitative estimate of drug-likeness (QED) is 0.676. The van der Waals surface area contributed by atoms with Gasteiger partial charge in [-0.3, -0.25) is 0 Å². The summed E-state index contributed by atoms with van der Waals surface area (Å²) in [6.07, 6.45) is 2.23. The predicted molar refractivity (Wildman–Crippen MR) is 84.4 cm³/mol. The average molecular weight is 252 g/mol. The second kappa shape index (κ2) is 5.61. The van der Waals surface area contributed by atoms with Gasteiger partial charge in [-0.1, -0.05) is 76.2 Å². The number of rotatable bonds is 3. The molecule has 0 aliphatic carbocycles. The van der Waals surface area contributed by atoms with Crippen LogP contribution in [0.2, 0.25) is 0 Å². The lowest BCUT2D eigenvalue weighted by Crippen LogP contribution is -2.08. The van der Waals surface area contributed by atoms with Gasteiger partial charge in [0.1, 0.15) is 0 Å². The van der Waals surface area contributed by atoms with E-state index in [4.69, 9.17) is 0 Å². The highest BCUT2D eigenvalue weighted by molar-refractivity contribution is 5.63. The van der Waals surface area contributed by atoms with Crippen LogP contribution >= 0.6 is 0 Å². The largest absolute Gasteiger partial charge is 0.0613 e. The first-order chi connectivity index (χ1) is 8.98. The number of benzene rings is 2. The van der Waals surface area contributed by atoms with Crippen molar-refractivity contribution in [2.45, 2.75) is 40.5 Å². The van der Waals surface area contributed by atoms with Crippen molar-refractivity contribution in [3.8, 4) is 11.1 Å². The molecule has 0 saturated heterocycles. The van der Waals surface area contributed by atoms with Gasteiger partial charge in [0.2, 0.25) is 0 Å². The molecule has 0 fully saturated rings. The van der Waals surface area contributed by atoms with Crippen LogP contribution in [0.3, 0.4) is 0 Å². The molecule has 0 radical (unpaired) electrons. The second-order valence-corrected chi connectivity index (χ2v) is 6.48. The summed E-state index contributed by atoms with van der Waals surface area (Å²) in [5, 5.41) is 0. The van der Waals surface area contributed by atoms with Crippen molar-refractivity contribution in [1.29, 1.82) is 0 Å². The smallest absolute Gasteiger partial charge is 0.0184 e. The molecule has 19 heavy (non-hydrogen) atoms. The third kappa shape index (κ3) is 3.96. The van der Waals surface area contributed by atoms with Gasteiger partial charge in [0.05, 0.1) is 0 Å². The molecule has 100 valence electrons. The first-order valence-corrected chi connectivity index (χ1v) is 7.16. The Labute approximate surface area is 117 Å². The first-order valence-electron chi connectivity index (χ1n) is 7.16. The molecule has 0 N–H and O–H groups in total. The first kappa shape index (κ1) is 13.9. The van der Waals surface area contributed by atoms with E-state index in [1.165, 1.54) is 22.3 Å². The van der Waals surface area contributed by atoms with E-state index < -0.39 is 0 Å². The Morgan fingerprint density at radius 3 is 1.47 bits per heavy atom. The summed E-state index contributed by atoms with van der Waals surface area (Å²) in [7, 11) is 0. The molecule has 0 aromatic heterocycles. The Balaban J connectivity index is 2.17. The number of hydrogen-bond acceptors (Lipinski definition) is 0.